The minimum absolute atomic E-state index is 0.201. The average Bonchev–Trinajstić information content (AvgIpc) is 2.80. The van der Waals surface area contributed by atoms with Crippen LogP contribution in [0.5, 0.6) is 0 Å². The Morgan fingerprint density at radius 1 is 0.794 bits per heavy atom. The number of benzene rings is 2. The van der Waals surface area contributed by atoms with E-state index >= 15 is 0 Å². The molecule has 2 atom stereocenters. The molecule has 0 bridgehead atoms. The van der Waals surface area contributed by atoms with Gasteiger partial charge in [-0.3, -0.25) is 4.55 Å². The van der Waals surface area contributed by atoms with Crippen LogP contribution < -0.4 is 11.5 Å². The molecule has 0 spiro atoms. The molecular formula is C26H42N4O3S. The number of likely N-dealkylation sites (N-methyl/N-ethyl adjacent to an activating group) is 2. The first kappa shape index (κ1) is 28.1. The molecule has 5 N–H and O–H groups in total. The van der Waals surface area contributed by atoms with Gasteiger partial charge in [-0.05, 0) is 107 Å². The van der Waals surface area contributed by atoms with Crippen molar-refractivity contribution in [3.05, 3.63) is 59.7 Å². The third kappa shape index (κ3) is 10.4. The molecule has 7 nitrogen and oxygen atoms in total. The van der Waals surface area contributed by atoms with Crippen LogP contribution >= 0.6 is 0 Å². The van der Waals surface area contributed by atoms with Crippen molar-refractivity contribution in [1.29, 1.82) is 0 Å². The quantitative estimate of drug-likeness (QED) is 0.439. The predicted octanol–water partition coefficient (Wildman–Crippen LogP) is 4.05. The summed E-state index contributed by atoms with van der Waals surface area (Å²) in [5.41, 5.74) is 15.9. The van der Waals surface area contributed by atoms with E-state index < -0.39 is 10.1 Å². The first-order valence-corrected chi connectivity index (χ1v) is 13.7. The summed E-state index contributed by atoms with van der Waals surface area (Å²) < 4.78 is 26.9. The van der Waals surface area contributed by atoms with Gasteiger partial charge in [0, 0.05) is 24.5 Å². The Morgan fingerprint density at radius 3 is 1.38 bits per heavy atom. The second-order valence-corrected chi connectivity index (χ2v) is 11.1. The molecule has 8 heteroatoms. The zero-order chi connectivity index (χ0) is 25.1. The van der Waals surface area contributed by atoms with E-state index in [0.29, 0.717) is 11.8 Å². The standard InChI is InChI=1S/2C12H18N2.C2H6O3S/c2*1-14-8-2-3-11(9-14)10-4-6-12(13)7-5-10;1-2-6(3,4)5/h2*4-7,11H,2-3,8-9,13H2,1H3;2H2,1H3,(H,3,4,5)/t2*11-;/m11./s1. The highest BCUT2D eigenvalue weighted by molar-refractivity contribution is 7.85. The van der Waals surface area contributed by atoms with E-state index in [4.69, 9.17) is 16.0 Å². The van der Waals surface area contributed by atoms with Crippen LogP contribution in [-0.4, -0.2) is 68.8 Å². The van der Waals surface area contributed by atoms with Gasteiger partial charge in [0.05, 0.1) is 5.75 Å². The van der Waals surface area contributed by atoms with Gasteiger partial charge in [-0.1, -0.05) is 24.3 Å². The maximum absolute atomic E-state index is 9.56. The van der Waals surface area contributed by atoms with Crippen LogP contribution in [0.4, 0.5) is 11.4 Å². The third-order valence-corrected chi connectivity index (χ3v) is 7.16. The summed E-state index contributed by atoms with van der Waals surface area (Å²) in [6, 6.07) is 16.7. The lowest BCUT2D eigenvalue weighted by Gasteiger charge is -2.29. The maximum Gasteiger partial charge on any atom is 0.264 e. The summed E-state index contributed by atoms with van der Waals surface area (Å²) in [5, 5.41) is 0. The Hall–Kier alpha value is -2.13. The lowest BCUT2D eigenvalue weighted by molar-refractivity contribution is 0.251. The summed E-state index contributed by atoms with van der Waals surface area (Å²) in [6.45, 7) is 6.22. The van der Waals surface area contributed by atoms with Gasteiger partial charge in [-0.2, -0.15) is 8.42 Å². The number of anilines is 2. The van der Waals surface area contributed by atoms with E-state index in [9.17, 15) is 8.42 Å². The molecule has 0 unspecified atom stereocenters. The van der Waals surface area contributed by atoms with E-state index in [-0.39, 0.29) is 5.75 Å². The fourth-order valence-electron chi connectivity index (χ4n) is 4.41. The smallest absolute Gasteiger partial charge is 0.264 e. The van der Waals surface area contributed by atoms with Crippen molar-refractivity contribution in [2.45, 2.75) is 44.4 Å². The largest absolute Gasteiger partial charge is 0.399 e. The zero-order valence-electron chi connectivity index (χ0n) is 20.9. The van der Waals surface area contributed by atoms with E-state index in [2.05, 4.69) is 48.2 Å². The van der Waals surface area contributed by atoms with E-state index in [1.807, 2.05) is 24.3 Å². The highest BCUT2D eigenvalue weighted by Crippen LogP contribution is 2.27. The van der Waals surface area contributed by atoms with Crippen LogP contribution in [-0.2, 0) is 10.1 Å². The molecule has 2 saturated heterocycles. The summed E-state index contributed by atoms with van der Waals surface area (Å²) in [5.74, 6) is 1.20. The second kappa shape index (κ2) is 13.7. The Kier molecular flexibility index (Phi) is 11.3. The lowest BCUT2D eigenvalue weighted by atomic mass is 9.91. The number of nitrogens with two attached hydrogens (primary N) is 2. The van der Waals surface area contributed by atoms with Crippen molar-refractivity contribution in [3.8, 4) is 0 Å². The molecule has 34 heavy (non-hydrogen) atoms. The number of hydrogen-bond acceptors (Lipinski definition) is 6. The van der Waals surface area contributed by atoms with Gasteiger partial charge < -0.3 is 21.3 Å². The maximum atomic E-state index is 9.56. The number of likely N-dealkylation sites (tertiary alicyclic amines) is 2. The fraction of sp³-hybridized carbons (Fsp3) is 0.538. The van der Waals surface area contributed by atoms with Crippen LogP contribution in [0.3, 0.4) is 0 Å². The summed E-state index contributed by atoms with van der Waals surface area (Å²) in [6.07, 6.45) is 5.25. The van der Waals surface area contributed by atoms with Crippen LogP contribution in [0.1, 0.15) is 55.6 Å². The molecule has 2 aliphatic heterocycles. The minimum Gasteiger partial charge on any atom is -0.399 e. The summed E-state index contributed by atoms with van der Waals surface area (Å²) >= 11 is 0. The fourth-order valence-corrected chi connectivity index (χ4v) is 4.41. The second-order valence-electron chi connectivity index (χ2n) is 9.41. The van der Waals surface area contributed by atoms with Crippen molar-refractivity contribution in [2.75, 3.05) is 57.5 Å². The van der Waals surface area contributed by atoms with Crippen molar-refractivity contribution >= 4 is 21.5 Å². The van der Waals surface area contributed by atoms with Gasteiger partial charge in [0.1, 0.15) is 0 Å². The Balaban J connectivity index is 0.000000196. The molecule has 2 fully saturated rings. The molecule has 0 amide bonds. The molecule has 0 aromatic heterocycles. The number of nitrogen functional groups attached to an aromatic ring is 2. The van der Waals surface area contributed by atoms with E-state index in [1.54, 1.807) is 0 Å². The topological polar surface area (TPSA) is 113 Å². The number of nitrogens with zero attached hydrogens (tertiary/aromatic N) is 2. The van der Waals surface area contributed by atoms with Crippen LogP contribution in [0.15, 0.2) is 48.5 Å². The SMILES string of the molecule is CCS(=O)(=O)O.CN1CCC[C@@H](c2ccc(N)cc2)C1.CN1CCC[C@@H](c2ccc(N)cc2)C1. The molecule has 190 valence electrons. The Bertz CT molecular complexity index is 886. The summed E-state index contributed by atoms with van der Waals surface area (Å²) in [7, 11) is 0.734. The molecule has 4 rings (SSSR count). The minimum atomic E-state index is -3.66. The number of rotatable bonds is 3. The molecule has 2 aromatic carbocycles. The highest BCUT2D eigenvalue weighted by atomic mass is 32.2. The van der Waals surface area contributed by atoms with Crippen LogP contribution in [0.25, 0.3) is 0 Å². The molecule has 2 aliphatic rings. The van der Waals surface area contributed by atoms with Gasteiger partial charge >= 0.3 is 0 Å². The predicted molar refractivity (Wildman–Crippen MR) is 143 cm³/mol. The molecule has 0 saturated carbocycles. The van der Waals surface area contributed by atoms with E-state index in [1.165, 1.54) is 69.9 Å². The third-order valence-electron chi connectivity index (χ3n) is 6.43. The normalized spacial score (nSPS) is 21.5. The van der Waals surface area contributed by atoms with Crippen molar-refractivity contribution in [2.24, 2.45) is 0 Å². The Morgan fingerprint density at radius 2 is 1.12 bits per heavy atom. The van der Waals surface area contributed by atoms with Crippen LogP contribution in [0.2, 0.25) is 0 Å². The first-order chi connectivity index (χ1) is 16.1. The van der Waals surface area contributed by atoms with E-state index in [0.717, 1.165) is 11.4 Å². The van der Waals surface area contributed by atoms with Crippen LogP contribution in [0, 0.1) is 0 Å². The molecule has 0 radical (unpaired) electrons. The first-order valence-electron chi connectivity index (χ1n) is 12.1. The summed E-state index contributed by atoms with van der Waals surface area (Å²) in [4.78, 5) is 4.81. The van der Waals surface area contributed by atoms with Crippen molar-refractivity contribution in [1.82, 2.24) is 9.80 Å². The van der Waals surface area contributed by atoms with Crippen molar-refractivity contribution < 1.29 is 13.0 Å². The number of piperidine rings is 2. The molecule has 0 aliphatic carbocycles. The lowest BCUT2D eigenvalue weighted by Crippen LogP contribution is -2.30. The molecule has 2 heterocycles. The molecular weight excluding hydrogens is 448 g/mol. The average molecular weight is 491 g/mol. The van der Waals surface area contributed by atoms with Crippen molar-refractivity contribution in [3.63, 3.8) is 0 Å². The number of hydrogen-bond donors (Lipinski definition) is 3. The van der Waals surface area contributed by atoms with Gasteiger partial charge in [-0.15, -0.1) is 0 Å². The van der Waals surface area contributed by atoms with Gasteiger partial charge in [0.25, 0.3) is 10.1 Å². The monoisotopic (exact) mass is 490 g/mol. The Labute approximate surface area is 205 Å². The van der Waals surface area contributed by atoms with Gasteiger partial charge in [-0.25, -0.2) is 0 Å². The van der Waals surface area contributed by atoms with Gasteiger partial charge in [0.15, 0.2) is 0 Å². The van der Waals surface area contributed by atoms with Gasteiger partial charge in [0.2, 0.25) is 0 Å². The zero-order valence-corrected chi connectivity index (χ0v) is 21.7. The highest BCUT2D eigenvalue weighted by Gasteiger charge is 2.19. The molecule has 2 aromatic rings.